The molecular weight excluding hydrogens is 404 g/mol. The number of carbonyl (C=O) groups excluding carboxylic acids is 2. The Morgan fingerprint density at radius 3 is 2.21 bits per heavy atom. The second kappa shape index (κ2) is 9.19. The van der Waals surface area contributed by atoms with Gasteiger partial charge in [-0.3, -0.25) is 14.9 Å². The minimum absolute atomic E-state index is 0.00602. The average Bonchev–Trinajstić information content (AvgIpc) is 3.44. The molecule has 148 valence electrons. The number of amides is 2. The van der Waals surface area contributed by atoms with Crippen LogP contribution in [0.15, 0.2) is 65.0 Å². The monoisotopic (exact) mass is 424 g/mol. The standard InChI is InChI=1S/C21H20N4O2S2/c26-17(22-16-11-12-16)13-28-21-25-24-20(29-21)23-19(27)18(14-7-3-1-4-8-14)15-9-5-2-6-10-15/h1-10,16,18H,11-13H2,(H,22,26)(H,23,24,27). The number of anilines is 1. The number of hydrogen-bond acceptors (Lipinski definition) is 6. The van der Waals surface area contributed by atoms with Gasteiger partial charge < -0.3 is 5.32 Å². The van der Waals surface area contributed by atoms with Crippen molar-refractivity contribution in [3.8, 4) is 0 Å². The summed E-state index contributed by atoms with van der Waals surface area (Å²) >= 11 is 2.60. The van der Waals surface area contributed by atoms with E-state index in [2.05, 4.69) is 20.8 Å². The maximum absolute atomic E-state index is 13.1. The van der Waals surface area contributed by atoms with E-state index >= 15 is 0 Å². The molecule has 1 aliphatic rings. The quantitative estimate of drug-likeness (QED) is 0.426. The minimum Gasteiger partial charge on any atom is -0.353 e. The average molecular weight is 425 g/mol. The highest BCUT2D eigenvalue weighted by Gasteiger charge is 2.25. The van der Waals surface area contributed by atoms with E-state index in [4.69, 9.17) is 0 Å². The normalized spacial score (nSPS) is 13.3. The van der Waals surface area contributed by atoms with Gasteiger partial charge in [0.25, 0.3) is 0 Å². The Bertz CT molecular complexity index is 935. The predicted molar refractivity (Wildman–Crippen MR) is 115 cm³/mol. The van der Waals surface area contributed by atoms with Gasteiger partial charge in [0.05, 0.1) is 11.7 Å². The highest BCUT2D eigenvalue weighted by molar-refractivity contribution is 8.01. The van der Waals surface area contributed by atoms with E-state index in [1.165, 1.54) is 23.1 Å². The number of aromatic nitrogens is 2. The molecule has 6 nitrogen and oxygen atoms in total. The van der Waals surface area contributed by atoms with Crippen LogP contribution in [0.2, 0.25) is 0 Å². The molecule has 8 heteroatoms. The maximum Gasteiger partial charge on any atom is 0.238 e. The molecule has 2 aromatic carbocycles. The molecule has 0 radical (unpaired) electrons. The lowest BCUT2D eigenvalue weighted by Crippen LogP contribution is -2.26. The van der Waals surface area contributed by atoms with Gasteiger partial charge in [-0.25, -0.2) is 0 Å². The van der Waals surface area contributed by atoms with E-state index in [0.29, 0.717) is 21.3 Å². The topological polar surface area (TPSA) is 84.0 Å². The van der Waals surface area contributed by atoms with Gasteiger partial charge in [-0.05, 0) is 24.0 Å². The Balaban J connectivity index is 1.42. The van der Waals surface area contributed by atoms with E-state index in [0.717, 1.165) is 24.0 Å². The molecule has 1 aliphatic carbocycles. The molecule has 1 fully saturated rings. The summed E-state index contributed by atoms with van der Waals surface area (Å²) in [6, 6.07) is 19.7. The Labute approximate surface area is 177 Å². The Hall–Kier alpha value is -2.71. The van der Waals surface area contributed by atoms with E-state index in [1.807, 2.05) is 60.7 Å². The van der Waals surface area contributed by atoms with Crippen molar-refractivity contribution in [3.05, 3.63) is 71.8 Å². The van der Waals surface area contributed by atoms with Crippen molar-refractivity contribution in [2.45, 2.75) is 29.1 Å². The highest BCUT2D eigenvalue weighted by atomic mass is 32.2. The molecule has 2 amide bonds. The first-order valence-electron chi connectivity index (χ1n) is 9.35. The number of nitrogens with zero attached hydrogens (tertiary/aromatic N) is 2. The van der Waals surface area contributed by atoms with Crippen LogP contribution >= 0.6 is 23.1 Å². The van der Waals surface area contributed by atoms with Crippen LogP contribution in [0.25, 0.3) is 0 Å². The summed E-state index contributed by atoms with van der Waals surface area (Å²) in [6.45, 7) is 0. The van der Waals surface area contributed by atoms with Crippen LogP contribution in [0.5, 0.6) is 0 Å². The van der Waals surface area contributed by atoms with Gasteiger partial charge in [0.15, 0.2) is 4.34 Å². The van der Waals surface area contributed by atoms with Gasteiger partial charge >= 0.3 is 0 Å². The third-order valence-electron chi connectivity index (χ3n) is 4.43. The third kappa shape index (κ3) is 5.42. The highest BCUT2D eigenvalue weighted by Crippen LogP contribution is 2.29. The summed E-state index contributed by atoms with van der Waals surface area (Å²) in [5.41, 5.74) is 1.82. The van der Waals surface area contributed by atoms with E-state index in [9.17, 15) is 9.59 Å². The lowest BCUT2D eigenvalue weighted by Gasteiger charge is -2.16. The number of thioether (sulfide) groups is 1. The molecule has 1 heterocycles. The van der Waals surface area contributed by atoms with Gasteiger partial charge in [-0.2, -0.15) is 0 Å². The summed E-state index contributed by atoms with van der Waals surface area (Å²) < 4.78 is 0.655. The van der Waals surface area contributed by atoms with Crippen molar-refractivity contribution in [2.24, 2.45) is 0 Å². The lowest BCUT2D eigenvalue weighted by atomic mass is 9.90. The van der Waals surface area contributed by atoms with Crippen molar-refractivity contribution >= 4 is 40.0 Å². The predicted octanol–water partition coefficient (Wildman–Crippen LogP) is 3.68. The van der Waals surface area contributed by atoms with Crippen LogP contribution in [-0.2, 0) is 9.59 Å². The molecule has 29 heavy (non-hydrogen) atoms. The molecule has 4 rings (SSSR count). The molecule has 0 aliphatic heterocycles. The first-order valence-corrected chi connectivity index (χ1v) is 11.2. The number of nitrogens with one attached hydrogen (secondary N) is 2. The van der Waals surface area contributed by atoms with Crippen molar-refractivity contribution in [3.63, 3.8) is 0 Å². The maximum atomic E-state index is 13.1. The van der Waals surface area contributed by atoms with Gasteiger partial charge in [-0.1, -0.05) is 83.8 Å². The summed E-state index contributed by atoms with van der Waals surface area (Å²) in [6.07, 6.45) is 2.13. The number of benzene rings is 2. The number of hydrogen-bond donors (Lipinski definition) is 2. The summed E-state index contributed by atoms with van der Waals surface area (Å²) in [5.74, 6) is -0.301. The van der Waals surface area contributed by atoms with Crippen molar-refractivity contribution in [1.82, 2.24) is 15.5 Å². The first kappa shape index (κ1) is 19.6. The van der Waals surface area contributed by atoms with Crippen molar-refractivity contribution in [2.75, 3.05) is 11.1 Å². The van der Waals surface area contributed by atoms with Crippen LogP contribution in [0.3, 0.4) is 0 Å². The van der Waals surface area contributed by atoms with Gasteiger partial charge in [0, 0.05) is 6.04 Å². The van der Waals surface area contributed by atoms with Crippen molar-refractivity contribution in [1.29, 1.82) is 0 Å². The fourth-order valence-corrected chi connectivity index (χ4v) is 4.47. The molecule has 0 saturated heterocycles. The van der Waals surface area contributed by atoms with Crippen LogP contribution in [0.1, 0.15) is 29.9 Å². The van der Waals surface area contributed by atoms with Gasteiger partial charge in [0.2, 0.25) is 16.9 Å². The zero-order valence-corrected chi connectivity index (χ0v) is 17.2. The van der Waals surface area contributed by atoms with Gasteiger partial charge in [-0.15, -0.1) is 10.2 Å². The van der Waals surface area contributed by atoms with Gasteiger partial charge in [0.1, 0.15) is 0 Å². The van der Waals surface area contributed by atoms with Crippen molar-refractivity contribution < 1.29 is 9.59 Å². The largest absolute Gasteiger partial charge is 0.353 e. The molecule has 2 N–H and O–H groups in total. The summed E-state index contributed by atoms with van der Waals surface area (Å²) in [7, 11) is 0. The smallest absolute Gasteiger partial charge is 0.238 e. The van der Waals surface area contributed by atoms with Crippen LogP contribution in [-0.4, -0.2) is 33.8 Å². The molecule has 1 saturated carbocycles. The molecule has 1 aromatic heterocycles. The van der Waals surface area contributed by atoms with Crippen LogP contribution in [0.4, 0.5) is 5.13 Å². The minimum atomic E-state index is -0.443. The zero-order chi connectivity index (χ0) is 20.1. The van der Waals surface area contributed by atoms with Crippen LogP contribution in [0, 0.1) is 0 Å². The molecule has 0 bridgehead atoms. The zero-order valence-electron chi connectivity index (χ0n) is 15.6. The SMILES string of the molecule is O=C(CSc1nnc(NC(=O)C(c2ccccc2)c2ccccc2)s1)NC1CC1. The molecule has 3 aromatic rings. The first-order chi connectivity index (χ1) is 14.2. The second-order valence-electron chi connectivity index (χ2n) is 6.75. The Morgan fingerprint density at radius 1 is 1.00 bits per heavy atom. The van der Waals surface area contributed by atoms with E-state index in [1.54, 1.807) is 0 Å². The molecule has 0 spiro atoms. The number of carbonyl (C=O) groups is 2. The fraction of sp³-hybridized carbons (Fsp3) is 0.238. The Morgan fingerprint density at radius 2 is 1.62 bits per heavy atom. The Kier molecular flexibility index (Phi) is 6.21. The fourth-order valence-electron chi connectivity index (χ4n) is 2.91. The van der Waals surface area contributed by atoms with Crippen LogP contribution < -0.4 is 10.6 Å². The third-order valence-corrected chi connectivity index (χ3v) is 6.41. The van der Waals surface area contributed by atoms with E-state index in [-0.39, 0.29) is 11.8 Å². The molecular formula is C21H20N4O2S2. The molecule has 0 unspecified atom stereocenters. The molecule has 0 atom stereocenters. The van der Waals surface area contributed by atoms with E-state index < -0.39 is 5.92 Å². The summed E-state index contributed by atoms with van der Waals surface area (Å²) in [5, 5.41) is 14.4. The second-order valence-corrected chi connectivity index (χ2v) is 8.95. The number of rotatable bonds is 8. The summed E-state index contributed by atoms with van der Waals surface area (Å²) in [4.78, 5) is 24.9. The lowest BCUT2D eigenvalue weighted by molar-refractivity contribution is -0.119.